The zero-order chi connectivity index (χ0) is 16.4. The van der Waals surface area contributed by atoms with Crippen molar-refractivity contribution in [2.75, 3.05) is 12.4 Å². The molecule has 0 fully saturated rings. The molecule has 1 aromatic heterocycles. The number of hydrogen-bond acceptors (Lipinski definition) is 4. The highest BCUT2D eigenvalue weighted by Gasteiger charge is 2.14. The van der Waals surface area contributed by atoms with Gasteiger partial charge in [-0.05, 0) is 42.5 Å². The molecule has 0 saturated carbocycles. The predicted octanol–water partition coefficient (Wildman–Crippen LogP) is 3.82. The molecule has 1 amide bonds. The fraction of sp³-hybridized carbons (Fsp3) is 0.0588. The second kappa shape index (κ2) is 6.26. The van der Waals surface area contributed by atoms with E-state index in [0.717, 1.165) is 4.47 Å². The Kier molecular flexibility index (Phi) is 4.16. The van der Waals surface area contributed by atoms with Gasteiger partial charge in [-0.25, -0.2) is 4.79 Å². The lowest BCUT2D eigenvalue weighted by Crippen LogP contribution is -2.20. The third-order valence-electron chi connectivity index (χ3n) is 3.29. The lowest BCUT2D eigenvalue weighted by Gasteiger charge is -2.06. The Balaban J connectivity index is 1.95. The molecular weight excluding hydrogens is 362 g/mol. The molecule has 2 aromatic carbocycles. The molecule has 0 spiro atoms. The van der Waals surface area contributed by atoms with Crippen molar-refractivity contribution in [1.29, 1.82) is 0 Å². The van der Waals surface area contributed by atoms with Crippen molar-refractivity contribution in [1.82, 2.24) is 0 Å². The maximum absolute atomic E-state index is 12.3. The van der Waals surface area contributed by atoms with Gasteiger partial charge in [0, 0.05) is 21.6 Å². The molecule has 0 atom stereocenters. The fourth-order valence-corrected chi connectivity index (χ4v) is 2.37. The number of benzene rings is 2. The standard InChI is InChI=1S/C17H12BrNO4/c1-22-13-7-2-10-8-14(17(21)23-15(10)9-13)16(20)19-12-5-3-11(18)4-6-12/h2-9H,1H3,(H,19,20). The first kappa shape index (κ1) is 15.3. The number of carbonyl (C=O) groups is 1. The van der Waals surface area contributed by atoms with Gasteiger partial charge in [0.15, 0.2) is 0 Å². The van der Waals surface area contributed by atoms with Crippen molar-refractivity contribution in [3.8, 4) is 5.75 Å². The van der Waals surface area contributed by atoms with Crippen molar-refractivity contribution in [2.24, 2.45) is 0 Å². The number of fused-ring (bicyclic) bond motifs is 1. The highest BCUT2D eigenvalue weighted by atomic mass is 79.9. The number of hydrogen-bond donors (Lipinski definition) is 1. The van der Waals surface area contributed by atoms with Crippen LogP contribution in [0.2, 0.25) is 0 Å². The summed E-state index contributed by atoms with van der Waals surface area (Å²) in [5.41, 5.74) is 0.216. The summed E-state index contributed by atoms with van der Waals surface area (Å²) in [4.78, 5) is 24.3. The van der Waals surface area contributed by atoms with Crippen molar-refractivity contribution in [2.45, 2.75) is 0 Å². The van der Waals surface area contributed by atoms with Gasteiger partial charge < -0.3 is 14.5 Å². The van der Waals surface area contributed by atoms with Crippen molar-refractivity contribution in [3.05, 3.63) is 69.0 Å². The third-order valence-corrected chi connectivity index (χ3v) is 3.82. The first-order valence-corrected chi connectivity index (χ1v) is 7.55. The Morgan fingerprint density at radius 2 is 1.87 bits per heavy atom. The molecule has 0 aliphatic carbocycles. The van der Waals surface area contributed by atoms with E-state index in [4.69, 9.17) is 9.15 Å². The number of amides is 1. The van der Waals surface area contributed by atoms with Crippen LogP contribution < -0.4 is 15.7 Å². The van der Waals surface area contributed by atoms with Gasteiger partial charge in [0.05, 0.1) is 7.11 Å². The molecular formula is C17H12BrNO4. The summed E-state index contributed by atoms with van der Waals surface area (Å²) < 4.78 is 11.2. The summed E-state index contributed by atoms with van der Waals surface area (Å²) in [6.45, 7) is 0. The van der Waals surface area contributed by atoms with Crippen molar-refractivity contribution < 1.29 is 13.9 Å². The van der Waals surface area contributed by atoms with E-state index in [0.29, 0.717) is 22.4 Å². The molecule has 1 heterocycles. The van der Waals surface area contributed by atoms with Crippen molar-refractivity contribution in [3.63, 3.8) is 0 Å². The predicted molar refractivity (Wildman–Crippen MR) is 91.1 cm³/mol. The molecule has 5 nitrogen and oxygen atoms in total. The number of methoxy groups -OCH3 is 1. The second-order valence-corrected chi connectivity index (χ2v) is 5.73. The Morgan fingerprint density at radius 1 is 1.13 bits per heavy atom. The number of carbonyl (C=O) groups excluding carboxylic acids is 1. The Morgan fingerprint density at radius 3 is 2.57 bits per heavy atom. The van der Waals surface area contributed by atoms with Crippen LogP contribution in [0.4, 0.5) is 5.69 Å². The van der Waals surface area contributed by atoms with Crippen LogP contribution in [0.3, 0.4) is 0 Å². The van der Waals surface area contributed by atoms with E-state index < -0.39 is 11.5 Å². The van der Waals surface area contributed by atoms with E-state index in [1.54, 1.807) is 42.5 Å². The van der Waals surface area contributed by atoms with Crippen LogP contribution in [-0.4, -0.2) is 13.0 Å². The summed E-state index contributed by atoms with van der Waals surface area (Å²) in [5.74, 6) is 0.0616. The van der Waals surface area contributed by atoms with Crippen LogP contribution in [0.25, 0.3) is 11.0 Å². The number of ether oxygens (including phenoxy) is 1. The quantitative estimate of drug-likeness (QED) is 0.708. The van der Waals surface area contributed by atoms with Crippen LogP contribution >= 0.6 is 15.9 Å². The van der Waals surface area contributed by atoms with Gasteiger partial charge in [0.1, 0.15) is 16.9 Å². The van der Waals surface area contributed by atoms with Gasteiger partial charge in [-0.1, -0.05) is 15.9 Å². The number of rotatable bonds is 3. The van der Waals surface area contributed by atoms with E-state index >= 15 is 0 Å². The van der Waals surface area contributed by atoms with Crippen LogP contribution in [0.1, 0.15) is 10.4 Å². The first-order valence-electron chi connectivity index (χ1n) is 6.75. The summed E-state index contributed by atoms with van der Waals surface area (Å²) >= 11 is 3.32. The molecule has 1 N–H and O–H groups in total. The SMILES string of the molecule is COc1ccc2cc(C(=O)Nc3ccc(Br)cc3)c(=O)oc2c1. The minimum Gasteiger partial charge on any atom is -0.497 e. The summed E-state index contributed by atoms with van der Waals surface area (Å²) in [5, 5.41) is 3.31. The van der Waals surface area contributed by atoms with Gasteiger partial charge in [-0.15, -0.1) is 0 Å². The average molecular weight is 374 g/mol. The minimum atomic E-state index is -0.694. The van der Waals surface area contributed by atoms with Gasteiger partial charge in [0.25, 0.3) is 5.91 Å². The normalized spacial score (nSPS) is 10.5. The second-order valence-electron chi connectivity index (χ2n) is 4.81. The molecule has 6 heteroatoms. The van der Waals surface area contributed by atoms with Gasteiger partial charge in [-0.2, -0.15) is 0 Å². The molecule has 0 aliphatic rings. The molecule has 3 aromatic rings. The first-order chi connectivity index (χ1) is 11.1. The molecule has 23 heavy (non-hydrogen) atoms. The van der Waals surface area contributed by atoms with E-state index in [-0.39, 0.29) is 5.56 Å². The smallest absolute Gasteiger partial charge is 0.349 e. The molecule has 0 aliphatic heterocycles. The highest BCUT2D eigenvalue weighted by molar-refractivity contribution is 9.10. The van der Waals surface area contributed by atoms with E-state index in [1.165, 1.54) is 13.2 Å². The Hall–Kier alpha value is -2.60. The van der Waals surface area contributed by atoms with E-state index in [2.05, 4.69) is 21.2 Å². The molecule has 116 valence electrons. The lowest BCUT2D eigenvalue weighted by atomic mass is 10.1. The highest BCUT2D eigenvalue weighted by Crippen LogP contribution is 2.21. The summed E-state index contributed by atoms with van der Waals surface area (Å²) in [6.07, 6.45) is 0. The number of anilines is 1. The number of halogens is 1. The van der Waals surface area contributed by atoms with Gasteiger partial charge in [0.2, 0.25) is 0 Å². The average Bonchev–Trinajstić information content (AvgIpc) is 2.55. The monoisotopic (exact) mass is 373 g/mol. The van der Waals surface area contributed by atoms with Crippen LogP contribution in [-0.2, 0) is 0 Å². The van der Waals surface area contributed by atoms with Gasteiger partial charge in [-0.3, -0.25) is 4.79 Å². The third kappa shape index (κ3) is 3.27. The van der Waals surface area contributed by atoms with Crippen LogP contribution in [0.15, 0.2) is 62.2 Å². The van der Waals surface area contributed by atoms with Crippen molar-refractivity contribution >= 4 is 38.5 Å². The zero-order valence-electron chi connectivity index (χ0n) is 12.1. The zero-order valence-corrected chi connectivity index (χ0v) is 13.7. The maximum atomic E-state index is 12.3. The molecule has 3 rings (SSSR count). The Bertz CT molecular complexity index is 931. The Labute approximate surface area is 140 Å². The molecule has 0 unspecified atom stereocenters. The fourth-order valence-electron chi connectivity index (χ4n) is 2.11. The topological polar surface area (TPSA) is 68.5 Å². The van der Waals surface area contributed by atoms with E-state index in [9.17, 15) is 9.59 Å². The number of nitrogens with one attached hydrogen (secondary N) is 1. The minimum absolute atomic E-state index is 0.0504. The van der Waals surface area contributed by atoms with Gasteiger partial charge >= 0.3 is 5.63 Å². The van der Waals surface area contributed by atoms with E-state index in [1.807, 2.05) is 0 Å². The maximum Gasteiger partial charge on any atom is 0.349 e. The lowest BCUT2D eigenvalue weighted by molar-refractivity contribution is 0.102. The van der Waals surface area contributed by atoms with Crippen LogP contribution in [0, 0.1) is 0 Å². The van der Waals surface area contributed by atoms with Crippen LogP contribution in [0.5, 0.6) is 5.75 Å². The summed E-state index contributed by atoms with van der Waals surface area (Å²) in [7, 11) is 1.53. The molecule has 0 saturated heterocycles. The summed E-state index contributed by atoms with van der Waals surface area (Å²) in [6, 6.07) is 13.6. The largest absolute Gasteiger partial charge is 0.497 e. The molecule has 0 bridgehead atoms. The molecule has 0 radical (unpaired) electrons.